The number of benzene rings is 2. The summed E-state index contributed by atoms with van der Waals surface area (Å²) >= 11 is 0. The molecule has 2 aromatic carbocycles. The third kappa shape index (κ3) is 6.57. The van der Waals surface area contributed by atoms with Crippen LogP contribution in [0.1, 0.15) is 11.1 Å². The maximum atomic E-state index is 12.2. The normalized spacial score (nSPS) is 10.5. The largest absolute Gasteiger partial charge is 0.497 e. The van der Waals surface area contributed by atoms with Crippen LogP contribution in [0.5, 0.6) is 17.2 Å². The van der Waals surface area contributed by atoms with Crippen LogP contribution >= 0.6 is 0 Å². The van der Waals surface area contributed by atoms with Gasteiger partial charge in [0.25, 0.3) is 5.91 Å². The second-order valence-electron chi connectivity index (χ2n) is 6.15. The van der Waals surface area contributed by atoms with Crippen molar-refractivity contribution in [2.45, 2.75) is 6.54 Å². The van der Waals surface area contributed by atoms with Crippen LogP contribution in [0.25, 0.3) is 6.08 Å². The molecule has 0 bridgehead atoms. The van der Waals surface area contributed by atoms with Crippen LogP contribution < -0.4 is 14.2 Å². The SMILES string of the molecule is COc1cc(/C=C/C(=O)OCC(=O)N(C)Cc2ccccc2OC)cc(OC)c1. The van der Waals surface area contributed by atoms with Gasteiger partial charge in [0.2, 0.25) is 0 Å². The molecule has 2 rings (SSSR count). The average molecular weight is 399 g/mol. The van der Waals surface area contributed by atoms with Gasteiger partial charge in [-0.15, -0.1) is 0 Å². The van der Waals surface area contributed by atoms with E-state index in [1.807, 2.05) is 24.3 Å². The van der Waals surface area contributed by atoms with Crippen molar-refractivity contribution in [3.8, 4) is 17.2 Å². The summed E-state index contributed by atoms with van der Waals surface area (Å²) in [4.78, 5) is 25.7. The number of amides is 1. The Labute approximate surface area is 170 Å². The van der Waals surface area contributed by atoms with E-state index in [9.17, 15) is 9.59 Å². The van der Waals surface area contributed by atoms with E-state index in [1.54, 1.807) is 52.7 Å². The van der Waals surface area contributed by atoms with E-state index < -0.39 is 5.97 Å². The molecule has 7 nitrogen and oxygen atoms in total. The zero-order valence-electron chi connectivity index (χ0n) is 17.0. The Morgan fingerprint density at radius 3 is 2.24 bits per heavy atom. The molecule has 0 aliphatic carbocycles. The Morgan fingerprint density at radius 2 is 1.62 bits per heavy atom. The molecule has 1 amide bonds. The number of likely N-dealkylation sites (N-methyl/N-ethyl adjacent to an activating group) is 1. The summed E-state index contributed by atoms with van der Waals surface area (Å²) in [5, 5.41) is 0. The molecule has 0 heterocycles. The molecule has 2 aromatic rings. The van der Waals surface area contributed by atoms with Gasteiger partial charge in [-0.25, -0.2) is 4.79 Å². The fourth-order valence-electron chi connectivity index (χ4n) is 2.56. The van der Waals surface area contributed by atoms with Gasteiger partial charge in [0.15, 0.2) is 6.61 Å². The summed E-state index contributed by atoms with van der Waals surface area (Å²) in [6, 6.07) is 12.7. The Hall–Kier alpha value is -3.48. The van der Waals surface area contributed by atoms with Gasteiger partial charge in [-0.1, -0.05) is 18.2 Å². The van der Waals surface area contributed by atoms with Crippen molar-refractivity contribution in [3.05, 3.63) is 59.7 Å². The molecule has 29 heavy (non-hydrogen) atoms. The molecule has 0 atom stereocenters. The molecule has 0 N–H and O–H groups in total. The van der Waals surface area contributed by atoms with Crippen molar-refractivity contribution in [3.63, 3.8) is 0 Å². The first-order valence-electron chi connectivity index (χ1n) is 8.90. The highest BCUT2D eigenvalue weighted by atomic mass is 16.5. The number of carbonyl (C=O) groups is 2. The summed E-state index contributed by atoms with van der Waals surface area (Å²) in [5.41, 5.74) is 1.57. The standard InChI is InChI=1S/C22H25NO6/c1-23(14-17-7-5-6-8-20(17)28-4)21(24)15-29-22(25)10-9-16-11-18(26-2)13-19(12-16)27-3/h5-13H,14-15H2,1-4H3/b10-9+. The van der Waals surface area contributed by atoms with Gasteiger partial charge in [0.1, 0.15) is 17.2 Å². The lowest BCUT2D eigenvalue weighted by molar-refractivity contribution is -0.147. The van der Waals surface area contributed by atoms with Crippen molar-refractivity contribution in [2.24, 2.45) is 0 Å². The minimum Gasteiger partial charge on any atom is -0.497 e. The molecule has 0 saturated heterocycles. The van der Waals surface area contributed by atoms with Crippen LogP contribution in [0.3, 0.4) is 0 Å². The monoisotopic (exact) mass is 399 g/mol. The van der Waals surface area contributed by atoms with Gasteiger partial charge in [-0.2, -0.15) is 0 Å². The van der Waals surface area contributed by atoms with Crippen molar-refractivity contribution < 1.29 is 28.5 Å². The number of nitrogens with zero attached hydrogens (tertiary/aromatic N) is 1. The number of hydrogen-bond acceptors (Lipinski definition) is 6. The maximum Gasteiger partial charge on any atom is 0.331 e. The zero-order chi connectivity index (χ0) is 21.2. The summed E-state index contributed by atoms with van der Waals surface area (Å²) in [6.07, 6.45) is 2.82. The predicted octanol–water partition coefficient (Wildman–Crippen LogP) is 2.93. The first kappa shape index (κ1) is 21.8. The molecule has 7 heteroatoms. The van der Waals surface area contributed by atoms with E-state index in [0.29, 0.717) is 29.4 Å². The average Bonchev–Trinajstić information content (AvgIpc) is 2.75. The third-order valence-corrected chi connectivity index (χ3v) is 4.15. The molecule has 0 aromatic heterocycles. The fourth-order valence-corrected chi connectivity index (χ4v) is 2.56. The molecule has 0 saturated carbocycles. The minimum absolute atomic E-state index is 0.319. The molecule has 0 aliphatic rings. The van der Waals surface area contributed by atoms with Gasteiger partial charge >= 0.3 is 5.97 Å². The maximum absolute atomic E-state index is 12.2. The topological polar surface area (TPSA) is 74.3 Å². The third-order valence-electron chi connectivity index (χ3n) is 4.15. The van der Waals surface area contributed by atoms with E-state index in [4.69, 9.17) is 18.9 Å². The summed E-state index contributed by atoms with van der Waals surface area (Å²) in [5.74, 6) is 0.961. The second kappa shape index (κ2) is 10.8. The van der Waals surface area contributed by atoms with Gasteiger partial charge in [-0.3, -0.25) is 4.79 Å². The molecule has 0 spiro atoms. The first-order chi connectivity index (χ1) is 14.0. The summed E-state index contributed by atoms with van der Waals surface area (Å²) in [7, 11) is 6.31. The van der Waals surface area contributed by atoms with E-state index in [1.165, 1.54) is 11.0 Å². The van der Waals surface area contributed by atoms with Gasteiger partial charge < -0.3 is 23.8 Å². The van der Waals surface area contributed by atoms with Crippen LogP contribution in [-0.4, -0.2) is 51.8 Å². The number of carbonyl (C=O) groups excluding carboxylic acids is 2. The number of methoxy groups -OCH3 is 3. The number of rotatable bonds is 9. The van der Waals surface area contributed by atoms with Crippen LogP contribution in [0.4, 0.5) is 0 Å². The quantitative estimate of drug-likeness (QED) is 0.477. The molecule has 154 valence electrons. The lowest BCUT2D eigenvalue weighted by Gasteiger charge is -2.18. The highest BCUT2D eigenvalue weighted by Gasteiger charge is 2.13. The van der Waals surface area contributed by atoms with E-state index in [2.05, 4.69) is 0 Å². The fraction of sp³-hybridized carbons (Fsp3) is 0.273. The Balaban J connectivity index is 1.89. The van der Waals surface area contributed by atoms with Gasteiger partial charge in [-0.05, 0) is 29.8 Å². The lowest BCUT2D eigenvalue weighted by Crippen LogP contribution is -2.30. The van der Waals surface area contributed by atoms with Crippen molar-refractivity contribution in [1.82, 2.24) is 4.90 Å². The Kier molecular flexibility index (Phi) is 8.09. The highest BCUT2D eigenvalue weighted by Crippen LogP contribution is 2.23. The highest BCUT2D eigenvalue weighted by molar-refractivity contribution is 5.89. The van der Waals surface area contributed by atoms with E-state index in [-0.39, 0.29) is 12.5 Å². The Morgan fingerprint density at radius 1 is 0.966 bits per heavy atom. The molecule has 0 radical (unpaired) electrons. The number of hydrogen-bond donors (Lipinski definition) is 0. The first-order valence-corrected chi connectivity index (χ1v) is 8.90. The van der Waals surface area contributed by atoms with Gasteiger partial charge in [0.05, 0.1) is 21.3 Å². The zero-order valence-corrected chi connectivity index (χ0v) is 17.0. The second-order valence-corrected chi connectivity index (χ2v) is 6.15. The number of ether oxygens (including phenoxy) is 4. The number of esters is 1. The molecule has 0 fully saturated rings. The van der Waals surface area contributed by atoms with E-state index >= 15 is 0 Å². The van der Waals surface area contributed by atoms with Crippen LogP contribution in [0.2, 0.25) is 0 Å². The molecular formula is C22H25NO6. The van der Waals surface area contributed by atoms with Crippen LogP contribution in [0, 0.1) is 0 Å². The number of para-hydroxylation sites is 1. The van der Waals surface area contributed by atoms with Crippen molar-refractivity contribution in [1.29, 1.82) is 0 Å². The van der Waals surface area contributed by atoms with E-state index in [0.717, 1.165) is 5.56 Å². The smallest absolute Gasteiger partial charge is 0.331 e. The molecular weight excluding hydrogens is 374 g/mol. The van der Waals surface area contributed by atoms with Crippen LogP contribution in [-0.2, 0) is 20.9 Å². The lowest BCUT2D eigenvalue weighted by atomic mass is 10.2. The molecule has 0 aliphatic heterocycles. The molecule has 0 unspecified atom stereocenters. The summed E-state index contributed by atoms with van der Waals surface area (Å²) < 4.78 is 20.7. The minimum atomic E-state index is -0.620. The Bertz CT molecular complexity index is 855. The summed E-state index contributed by atoms with van der Waals surface area (Å²) in [6.45, 7) is -0.00387. The van der Waals surface area contributed by atoms with Gasteiger partial charge in [0, 0.05) is 31.3 Å². The predicted molar refractivity (Wildman–Crippen MR) is 109 cm³/mol. The van der Waals surface area contributed by atoms with Crippen LogP contribution in [0.15, 0.2) is 48.5 Å². The van der Waals surface area contributed by atoms with Crippen molar-refractivity contribution in [2.75, 3.05) is 35.0 Å². The van der Waals surface area contributed by atoms with Crippen molar-refractivity contribution >= 4 is 18.0 Å².